The van der Waals surface area contributed by atoms with Crippen LogP contribution in [0.15, 0.2) is 55.1 Å². The van der Waals surface area contributed by atoms with E-state index < -0.39 is 0 Å². The van der Waals surface area contributed by atoms with Crippen LogP contribution in [0.4, 0.5) is 5.69 Å². The van der Waals surface area contributed by atoms with E-state index >= 15 is 0 Å². The zero-order valence-electron chi connectivity index (χ0n) is 11.4. The van der Waals surface area contributed by atoms with E-state index in [4.69, 9.17) is 0 Å². The Morgan fingerprint density at radius 1 is 1.20 bits per heavy atom. The molecule has 0 saturated carbocycles. The summed E-state index contributed by atoms with van der Waals surface area (Å²) in [7, 11) is 0. The minimum Gasteiger partial charge on any atom is -0.506 e. The van der Waals surface area contributed by atoms with Crippen LogP contribution in [0.5, 0.6) is 5.75 Å². The molecule has 0 aromatic heterocycles. The van der Waals surface area contributed by atoms with Crippen molar-refractivity contribution in [3.63, 3.8) is 0 Å². The highest BCUT2D eigenvalue weighted by Gasteiger charge is 2.10. The highest BCUT2D eigenvalue weighted by Crippen LogP contribution is 2.26. The Morgan fingerprint density at radius 3 is 2.40 bits per heavy atom. The zero-order valence-corrected chi connectivity index (χ0v) is 11.4. The monoisotopic (exact) mass is 267 g/mol. The molecule has 3 heteroatoms. The summed E-state index contributed by atoms with van der Waals surface area (Å²) in [6.07, 6.45) is 0.724. The van der Waals surface area contributed by atoms with Crippen molar-refractivity contribution in [2.75, 3.05) is 4.90 Å². The Bertz CT molecular complexity index is 617. The minimum absolute atomic E-state index is 0.0955. The van der Waals surface area contributed by atoms with E-state index in [9.17, 15) is 9.90 Å². The number of phenolic OH excluding ortho intramolecular Hbond substituents is 1. The van der Waals surface area contributed by atoms with Gasteiger partial charge in [-0.3, -0.25) is 4.79 Å². The number of hydrogen-bond donors (Lipinski definition) is 1. The number of carbonyl (C=O) groups excluding carboxylic acids is 1. The second-order valence-electron chi connectivity index (χ2n) is 4.70. The number of hydrogen-bond acceptors (Lipinski definition) is 2. The molecule has 102 valence electrons. The van der Waals surface area contributed by atoms with Crippen LogP contribution in [0.1, 0.15) is 18.1 Å². The van der Waals surface area contributed by atoms with Crippen LogP contribution in [0.2, 0.25) is 0 Å². The molecule has 0 fully saturated rings. The predicted octanol–water partition coefficient (Wildman–Crippen LogP) is 3.59. The Kier molecular flexibility index (Phi) is 4.20. The first-order valence-electron chi connectivity index (χ1n) is 6.36. The van der Waals surface area contributed by atoms with E-state index in [0.29, 0.717) is 12.2 Å². The SMILES string of the molecule is C=C(C)c1ccc(CN(C=O)c2ccccc2O)cc1. The van der Waals surface area contributed by atoms with Gasteiger partial charge in [0.2, 0.25) is 6.41 Å². The molecular weight excluding hydrogens is 250 g/mol. The molecule has 1 N–H and O–H groups in total. The van der Waals surface area contributed by atoms with Crippen LogP contribution >= 0.6 is 0 Å². The van der Waals surface area contributed by atoms with Gasteiger partial charge in [-0.25, -0.2) is 0 Å². The van der Waals surface area contributed by atoms with Gasteiger partial charge in [0, 0.05) is 0 Å². The van der Waals surface area contributed by atoms with E-state index in [-0.39, 0.29) is 5.75 Å². The molecule has 0 atom stereocenters. The van der Waals surface area contributed by atoms with Crippen molar-refractivity contribution < 1.29 is 9.90 Å². The first kappa shape index (κ1) is 13.9. The van der Waals surface area contributed by atoms with Gasteiger partial charge in [0.1, 0.15) is 5.75 Å². The van der Waals surface area contributed by atoms with E-state index in [0.717, 1.165) is 23.1 Å². The summed E-state index contributed by atoms with van der Waals surface area (Å²) in [6.45, 7) is 6.26. The van der Waals surface area contributed by atoms with Crippen LogP contribution in [-0.2, 0) is 11.3 Å². The molecule has 0 bridgehead atoms. The van der Waals surface area contributed by atoms with Gasteiger partial charge in [-0.05, 0) is 30.2 Å². The third kappa shape index (κ3) is 3.06. The molecule has 2 aromatic carbocycles. The van der Waals surface area contributed by atoms with Gasteiger partial charge in [0.15, 0.2) is 0 Å². The van der Waals surface area contributed by atoms with Crippen molar-refractivity contribution in [1.82, 2.24) is 0 Å². The molecule has 0 spiro atoms. The number of anilines is 1. The fourth-order valence-electron chi connectivity index (χ4n) is 1.98. The van der Waals surface area contributed by atoms with Crippen LogP contribution in [0.3, 0.4) is 0 Å². The Morgan fingerprint density at radius 2 is 1.85 bits per heavy atom. The molecule has 20 heavy (non-hydrogen) atoms. The van der Waals surface area contributed by atoms with E-state index in [1.807, 2.05) is 31.2 Å². The number of carbonyl (C=O) groups is 1. The lowest BCUT2D eigenvalue weighted by molar-refractivity contribution is -0.107. The Balaban J connectivity index is 2.20. The molecule has 0 aliphatic carbocycles. The molecule has 0 aliphatic rings. The summed E-state index contributed by atoms with van der Waals surface area (Å²) in [5.41, 5.74) is 3.58. The highest BCUT2D eigenvalue weighted by molar-refractivity contribution is 5.78. The maximum atomic E-state index is 11.2. The summed E-state index contributed by atoms with van der Waals surface area (Å²) in [5, 5.41) is 9.79. The van der Waals surface area contributed by atoms with Crippen molar-refractivity contribution in [2.24, 2.45) is 0 Å². The van der Waals surface area contributed by atoms with E-state index in [1.54, 1.807) is 24.3 Å². The molecule has 0 saturated heterocycles. The molecule has 3 nitrogen and oxygen atoms in total. The number of nitrogens with zero attached hydrogens (tertiary/aromatic N) is 1. The summed E-state index contributed by atoms with van der Waals surface area (Å²) >= 11 is 0. The third-order valence-corrected chi connectivity index (χ3v) is 3.12. The number of amides is 1. The van der Waals surface area contributed by atoms with Gasteiger partial charge in [-0.1, -0.05) is 48.6 Å². The maximum Gasteiger partial charge on any atom is 0.214 e. The van der Waals surface area contributed by atoms with Crippen molar-refractivity contribution >= 4 is 17.7 Å². The zero-order chi connectivity index (χ0) is 14.5. The molecule has 0 heterocycles. The van der Waals surface area contributed by atoms with Gasteiger partial charge < -0.3 is 10.0 Å². The first-order valence-corrected chi connectivity index (χ1v) is 6.36. The average molecular weight is 267 g/mol. The predicted molar refractivity (Wildman–Crippen MR) is 81.5 cm³/mol. The smallest absolute Gasteiger partial charge is 0.214 e. The number of benzene rings is 2. The van der Waals surface area contributed by atoms with Crippen LogP contribution in [0, 0.1) is 0 Å². The lowest BCUT2D eigenvalue weighted by Gasteiger charge is -2.18. The van der Waals surface area contributed by atoms with Crippen molar-refractivity contribution in [2.45, 2.75) is 13.5 Å². The second kappa shape index (κ2) is 6.06. The van der Waals surface area contributed by atoms with Gasteiger partial charge >= 0.3 is 0 Å². The molecule has 0 unspecified atom stereocenters. The summed E-state index contributed by atoms with van der Waals surface area (Å²) in [6, 6.07) is 14.7. The molecular formula is C17H17NO2. The third-order valence-electron chi connectivity index (χ3n) is 3.12. The van der Waals surface area contributed by atoms with Gasteiger partial charge in [-0.2, -0.15) is 0 Å². The van der Waals surface area contributed by atoms with Crippen molar-refractivity contribution in [3.05, 3.63) is 66.2 Å². The van der Waals surface area contributed by atoms with Gasteiger partial charge in [0.25, 0.3) is 0 Å². The van der Waals surface area contributed by atoms with E-state index in [2.05, 4.69) is 6.58 Å². The molecule has 2 rings (SSSR count). The Labute approximate surface area is 118 Å². The fraction of sp³-hybridized carbons (Fsp3) is 0.118. The fourth-order valence-corrected chi connectivity index (χ4v) is 1.98. The van der Waals surface area contributed by atoms with E-state index in [1.165, 1.54) is 4.90 Å². The standard InChI is InChI=1S/C17H17NO2/c1-13(2)15-9-7-14(8-10-15)11-18(12-19)16-5-3-4-6-17(16)20/h3-10,12,20H,1,11H2,2H3. The van der Waals surface area contributed by atoms with Gasteiger partial charge in [-0.15, -0.1) is 0 Å². The Hall–Kier alpha value is -2.55. The minimum atomic E-state index is 0.0955. The number of rotatable bonds is 5. The first-order chi connectivity index (χ1) is 9.61. The molecule has 0 aliphatic heterocycles. The lowest BCUT2D eigenvalue weighted by Crippen LogP contribution is -2.20. The topological polar surface area (TPSA) is 40.5 Å². The number of aromatic hydroxyl groups is 1. The summed E-state index contributed by atoms with van der Waals surface area (Å²) in [4.78, 5) is 12.7. The summed E-state index contributed by atoms with van der Waals surface area (Å²) in [5.74, 6) is 0.0955. The normalized spacial score (nSPS) is 10.1. The quantitative estimate of drug-likeness (QED) is 0.841. The summed E-state index contributed by atoms with van der Waals surface area (Å²) < 4.78 is 0. The largest absolute Gasteiger partial charge is 0.506 e. The lowest BCUT2D eigenvalue weighted by atomic mass is 10.1. The number of allylic oxidation sites excluding steroid dienone is 1. The van der Waals surface area contributed by atoms with Crippen molar-refractivity contribution in [3.8, 4) is 5.75 Å². The second-order valence-corrected chi connectivity index (χ2v) is 4.70. The van der Waals surface area contributed by atoms with Crippen LogP contribution in [-0.4, -0.2) is 11.5 Å². The number of phenols is 1. The highest BCUT2D eigenvalue weighted by atomic mass is 16.3. The molecule has 2 aromatic rings. The molecule has 0 radical (unpaired) electrons. The average Bonchev–Trinajstić information content (AvgIpc) is 2.46. The van der Waals surface area contributed by atoms with Crippen molar-refractivity contribution in [1.29, 1.82) is 0 Å². The maximum absolute atomic E-state index is 11.2. The van der Waals surface area contributed by atoms with Crippen LogP contribution in [0.25, 0.3) is 5.57 Å². The van der Waals surface area contributed by atoms with Gasteiger partial charge in [0.05, 0.1) is 12.2 Å². The number of para-hydroxylation sites is 2. The van der Waals surface area contributed by atoms with Crippen LogP contribution < -0.4 is 4.90 Å². The molecule has 1 amide bonds.